The van der Waals surface area contributed by atoms with Crippen LogP contribution in [0.15, 0.2) is 25.3 Å². The molecule has 1 aliphatic heterocycles. The SMILES string of the molecule is C=CCC1C([C@@H](C)O[Si](C)(C)C(C)(C)C)C(=O)N1CC=C. The van der Waals surface area contributed by atoms with Crippen molar-refractivity contribution in [2.45, 2.75) is 64.4 Å². The Hall–Kier alpha value is -0.873. The molecule has 1 heterocycles. The fourth-order valence-electron chi connectivity index (χ4n) is 2.67. The highest BCUT2D eigenvalue weighted by atomic mass is 28.4. The highest BCUT2D eigenvalue weighted by Gasteiger charge is 2.51. The van der Waals surface area contributed by atoms with Crippen molar-refractivity contribution in [3.63, 3.8) is 0 Å². The third-order valence-corrected chi connectivity index (χ3v) is 9.48. The highest BCUT2D eigenvalue weighted by molar-refractivity contribution is 6.74. The average molecular weight is 310 g/mol. The van der Waals surface area contributed by atoms with Gasteiger partial charge < -0.3 is 9.33 Å². The second-order valence-corrected chi connectivity index (χ2v) is 12.2. The Morgan fingerprint density at radius 1 is 1.33 bits per heavy atom. The van der Waals surface area contributed by atoms with E-state index in [0.29, 0.717) is 6.54 Å². The molecule has 0 radical (unpaired) electrons. The number of carbonyl (C=O) groups excluding carboxylic acids is 1. The quantitative estimate of drug-likeness (QED) is 0.404. The minimum Gasteiger partial charge on any atom is -0.413 e. The van der Waals surface area contributed by atoms with Gasteiger partial charge in [0.2, 0.25) is 5.91 Å². The summed E-state index contributed by atoms with van der Waals surface area (Å²) in [5, 5.41) is 0.156. The Kier molecular flexibility index (Phi) is 5.61. The molecular formula is C17H31NO2Si. The fourth-order valence-corrected chi connectivity index (χ4v) is 4.10. The lowest BCUT2D eigenvalue weighted by Crippen LogP contribution is -2.65. The van der Waals surface area contributed by atoms with Crippen LogP contribution >= 0.6 is 0 Å². The second kappa shape index (κ2) is 6.49. The van der Waals surface area contributed by atoms with E-state index in [0.717, 1.165) is 6.42 Å². The van der Waals surface area contributed by atoms with Crippen molar-refractivity contribution >= 4 is 14.2 Å². The maximum Gasteiger partial charge on any atom is 0.230 e. The van der Waals surface area contributed by atoms with E-state index in [1.54, 1.807) is 6.08 Å². The van der Waals surface area contributed by atoms with E-state index in [4.69, 9.17) is 4.43 Å². The van der Waals surface area contributed by atoms with Gasteiger partial charge in [0.15, 0.2) is 8.32 Å². The van der Waals surface area contributed by atoms with Crippen LogP contribution in [0.2, 0.25) is 18.1 Å². The standard InChI is InChI=1S/C17H31NO2Si/c1-9-11-14-15(16(19)18(14)12-10-2)13(3)20-21(7,8)17(4,5)6/h9-10,13-15H,1-2,11-12H2,3-8H3/t13-,14?,15?/m1/s1. The maximum atomic E-state index is 12.4. The number of amides is 1. The van der Waals surface area contributed by atoms with Crippen LogP contribution in [0.1, 0.15) is 34.1 Å². The van der Waals surface area contributed by atoms with E-state index in [2.05, 4.69) is 47.0 Å². The summed E-state index contributed by atoms with van der Waals surface area (Å²) >= 11 is 0. The summed E-state index contributed by atoms with van der Waals surface area (Å²) in [5.41, 5.74) is 0. The van der Waals surface area contributed by atoms with Gasteiger partial charge in [0.1, 0.15) is 0 Å². The summed E-state index contributed by atoms with van der Waals surface area (Å²) in [6.07, 6.45) is 4.45. The van der Waals surface area contributed by atoms with Gasteiger partial charge in [-0.1, -0.05) is 32.9 Å². The molecule has 120 valence electrons. The van der Waals surface area contributed by atoms with E-state index in [1.165, 1.54) is 0 Å². The van der Waals surface area contributed by atoms with Gasteiger partial charge in [-0.15, -0.1) is 13.2 Å². The van der Waals surface area contributed by atoms with Crippen LogP contribution in [0.5, 0.6) is 0 Å². The van der Waals surface area contributed by atoms with Crippen molar-refractivity contribution in [3.05, 3.63) is 25.3 Å². The van der Waals surface area contributed by atoms with Crippen molar-refractivity contribution in [1.82, 2.24) is 4.90 Å². The lowest BCUT2D eigenvalue weighted by atomic mass is 9.81. The molecule has 3 atom stereocenters. The van der Waals surface area contributed by atoms with Crippen molar-refractivity contribution < 1.29 is 9.22 Å². The number of nitrogens with zero attached hydrogens (tertiary/aromatic N) is 1. The lowest BCUT2D eigenvalue weighted by molar-refractivity contribution is -0.161. The molecule has 0 aromatic carbocycles. The molecule has 0 spiro atoms. The third-order valence-electron chi connectivity index (χ3n) is 4.91. The zero-order valence-corrected chi connectivity index (χ0v) is 15.5. The first kappa shape index (κ1) is 18.2. The van der Waals surface area contributed by atoms with Crippen LogP contribution in [-0.4, -0.2) is 37.8 Å². The number of β-lactam (4-membered cyclic amide) rings is 1. The molecule has 1 saturated heterocycles. The zero-order valence-electron chi connectivity index (χ0n) is 14.5. The van der Waals surface area contributed by atoms with Crippen LogP contribution in [0.3, 0.4) is 0 Å². The predicted molar refractivity (Wildman–Crippen MR) is 91.7 cm³/mol. The number of hydrogen-bond acceptors (Lipinski definition) is 2. The Morgan fingerprint density at radius 2 is 1.90 bits per heavy atom. The average Bonchev–Trinajstić information content (AvgIpc) is 2.33. The molecular weight excluding hydrogens is 278 g/mol. The van der Waals surface area contributed by atoms with Crippen LogP contribution < -0.4 is 0 Å². The Bertz CT molecular complexity index is 412. The predicted octanol–water partition coefficient (Wildman–Crippen LogP) is 3.99. The van der Waals surface area contributed by atoms with Gasteiger partial charge in [-0.05, 0) is 31.5 Å². The molecule has 0 N–H and O–H groups in total. The lowest BCUT2D eigenvalue weighted by Gasteiger charge is -2.51. The van der Waals surface area contributed by atoms with Gasteiger partial charge in [-0.2, -0.15) is 0 Å². The summed E-state index contributed by atoms with van der Waals surface area (Å²) < 4.78 is 6.41. The Balaban J connectivity index is 2.82. The van der Waals surface area contributed by atoms with Gasteiger partial charge >= 0.3 is 0 Å². The first-order chi connectivity index (χ1) is 9.56. The van der Waals surface area contributed by atoms with Crippen molar-refractivity contribution in [3.8, 4) is 0 Å². The smallest absolute Gasteiger partial charge is 0.230 e. The highest BCUT2D eigenvalue weighted by Crippen LogP contribution is 2.40. The molecule has 3 nitrogen and oxygen atoms in total. The second-order valence-electron chi connectivity index (χ2n) is 7.48. The number of hydrogen-bond donors (Lipinski definition) is 0. The molecule has 0 bridgehead atoms. The first-order valence-electron chi connectivity index (χ1n) is 7.77. The fraction of sp³-hybridized carbons (Fsp3) is 0.706. The Morgan fingerprint density at radius 3 is 2.33 bits per heavy atom. The Labute approximate surface area is 131 Å². The van der Waals surface area contributed by atoms with Gasteiger partial charge in [-0.3, -0.25) is 4.79 Å². The maximum absolute atomic E-state index is 12.4. The van der Waals surface area contributed by atoms with Crippen molar-refractivity contribution in [2.75, 3.05) is 6.54 Å². The van der Waals surface area contributed by atoms with E-state index in [1.807, 2.05) is 17.9 Å². The van der Waals surface area contributed by atoms with Gasteiger partial charge in [0.05, 0.1) is 12.0 Å². The molecule has 1 rings (SSSR count). The van der Waals surface area contributed by atoms with Gasteiger partial charge in [-0.25, -0.2) is 0 Å². The zero-order chi connectivity index (χ0) is 16.4. The summed E-state index contributed by atoms with van der Waals surface area (Å²) in [5.74, 6) is 0.144. The summed E-state index contributed by atoms with van der Waals surface area (Å²) in [6, 6.07) is 0.202. The molecule has 1 aliphatic rings. The molecule has 1 amide bonds. The van der Waals surface area contributed by atoms with Crippen LogP contribution in [0.4, 0.5) is 0 Å². The number of likely N-dealkylation sites (tertiary alicyclic amines) is 1. The van der Waals surface area contributed by atoms with E-state index in [9.17, 15) is 4.79 Å². The van der Waals surface area contributed by atoms with Crippen molar-refractivity contribution in [1.29, 1.82) is 0 Å². The minimum absolute atomic E-state index is 0.0376. The molecule has 4 heteroatoms. The molecule has 0 saturated carbocycles. The van der Waals surface area contributed by atoms with Crippen molar-refractivity contribution in [2.24, 2.45) is 5.92 Å². The molecule has 21 heavy (non-hydrogen) atoms. The monoisotopic (exact) mass is 309 g/mol. The molecule has 0 aliphatic carbocycles. The normalized spacial score (nSPS) is 24.5. The topological polar surface area (TPSA) is 29.5 Å². The molecule has 0 aromatic rings. The summed E-state index contributed by atoms with van der Waals surface area (Å²) in [6.45, 7) is 21.3. The third kappa shape index (κ3) is 3.66. The molecule has 2 unspecified atom stereocenters. The first-order valence-corrected chi connectivity index (χ1v) is 10.7. The minimum atomic E-state index is -1.85. The molecule has 0 aromatic heterocycles. The van der Waals surface area contributed by atoms with E-state index < -0.39 is 8.32 Å². The van der Waals surface area contributed by atoms with Gasteiger partial charge in [0, 0.05) is 12.6 Å². The summed E-state index contributed by atoms with van der Waals surface area (Å²) in [7, 11) is -1.85. The number of rotatable bonds is 7. The van der Waals surface area contributed by atoms with Crippen LogP contribution in [0, 0.1) is 5.92 Å². The summed E-state index contributed by atoms with van der Waals surface area (Å²) in [4.78, 5) is 14.3. The number of carbonyl (C=O) groups is 1. The van der Waals surface area contributed by atoms with Crippen LogP contribution in [0.25, 0.3) is 0 Å². The molecule has 1 fully saturated rings. The van der Waals surface area contributed by atoms with Gasteiger partial charge in [0.25, 0.3) is 0 Å². The van der Waals surface area contributed by atoms with E-state index >= 15 is 0 Å². The largest absolute Gasteiger partial charge is 0.413 e. The van der Waals surface area contributed by atoms with E-state index in [-0.39, 0.29) is 29.0 Å². The van der Waals surface area contributed by atoms with Crippen LogP contribution in [-0.2, 0) is 9.22 Å².